The second-order valence-corrected chi connectivity index (χ2v) is 9.05. The molecule has 1 fully saturated rings. The lowest BCUT2D eigenvalue weighted by Gasteiger charge is -2.26. The zero-order valence-corrected chi connectivity index (χ0v) is 20.9. The summed E-state index contributed by atoms with van der Waals surface area (Å²) in [6, 6.07) is 22.6. The first-order valence-electron chi connectivity index (χ1n) is 12.4. The molecule has 8 heteroatoms. The summed E-state index contributed by atoms with van der Waals surface area (Å²) in [6.45, 7) is 2.75. The molecule has 0 bridgehead atoms. The van der Waals surface area contributed by atoms with Crippen molar-refractivity contribution in [3.8, 4) is 5.75 Å². The Bertz CT molecular complexity index is 1230. The van der Waals surface area contributed by atoms with E-state index < -0.39 is 18.0 Å². The number of rotatable bonds is 9. The molecule has 0 spiro atoms. The second-order valence-electron chi connectivity index (χ2n) is 9.05. The molecule has 0 unspecified atom stereocenters. The Labute approximate surface area is 216 Å². The summed E-state index contributed by atoms with van der Waals surface area (Å²) in [4.78, 5) is 40.2. The first-order chi connectivity index (χ1) is 17.9. The molecule has 1 aliphatic heterocycles. The smallest absolute Gasteiger partial charge is 0.251 e. The lowest BCUT2D eigenvalue weighted by Crippen LogP contribution is -2.48. The molecule has 3 aromatic carbocycles. The Kier molecular flexibility index (Phi) is 8.53. The van der Waals surface area contributed by atoms with Crippen LogP contribution in [0.5, 0.6) is 5.75 Å². The molecule has 1 saturated heterocycles. The van der Waals surface area contributed by atoms with Gasteiger partial charge in [-0.3, -0.25) is 14.4 Å². The Morgan fingerprint density at radius 1 is 1.00 bits per heavy atom. The lowest BCUT2D eigenvalue weighted by atomic mass is 10.0. The van der Waals surface area contributed by atoms with E-state index in [9.17, 15) is 14.4 Å². The van der Waals surface area contributed by atoms with Crippen LogP contribution in [0.2, 0.25) is 0 Å². The van der Waals surface area contributed by atoms with Gasteiger partial charge < -0.3 is 26.0 Å². The number of benzene rings is 3. The van der Waals surface area contributed by atoms with Crippen molar-refractivity contribution < 1.29 is 19.1 Å². The molecule has 1 aliphatic rings. The van der Waals surface area contributed by atoms with E-state index in [-0.39, 0.29) is 11.8 Å². The molecule has 37 heavy (non-hydrogen) atoms. The highest BCUT2D eigenvalue weighted by Crippen LogP contribution is 2.23. The zero-order valence-electron chi connectivity index (χ0n) is 20.9. The molecule has 3 amide bonds. The number of carbonyl (C=O) groups is 3. The SMILES string of the molecule is CC(=O)N1CCC[C@H]1C(=O)N[C@@H](C(=O)Nc1cccc(CN)c1)c1ccc(OCc2ccccc2)cc1. The number of likely N-dealkylation sites (tertiary alicyclic amines) is 1. The summed E-state index contributed by atoms with van der Waals surface area (Å²) < 4.78 is 5.87. The normalized spacial score (nSPS) is 15.6. The van der Waals surface area contributed by atoms with Crippen LogP contribution in [0.4, 0.5) is 5.69 Å². The molecule has 192 valence electrons. The molecule has 1 heterocycles. The minimum atomic E-state index is -0.966. The largest absolute Gasteiger partial charge is 0.489 e. The van der Waals surface area contributed by atoms with E-state index in [1.807, 2.05) is 42.5 Å². The third-order valence-corrected chi connectivity index (χ3v) is 6.40. The van der Waals surface area contributed by atoms with E-state index >= 15 is 0 Å². The molecular weight excluding hydrogens is 468 g/mol. The van der Waals surface area contributed by atoms with Crippen molar-refractivity contribution in [3.63, 3.8) is 0 Å². The van der Waals surface area contributed by atoms with Crippen molar-refractivity contribution in [2.45, 2.75) is 45.0 Å². The van der Waals surface area contributed by atoms with Crippen LogP contribution < -0.4 is 21.1 Å². The van der Waals surface area contributed by atoms with Crippen LogP contribution in [-0.2, 0) is 27.5 Å². The lowest BCUT2D eigenvalue weighted by molar-refractivity contribution is -0.137. The van der Waals surface area contributed by atoms with Gasteiger partial charge in [0, 0.05) is 25.7 Å². The second kappa shape index (κ2) is 12.2. The van der Waals surface area contributed by atoms with E-state index in [1.54, 1.807) is 41.3 Å². The van der Waals surface area contributed by atoms with Gasteiger partial charge in [0.2, 0.25) is 11.8 Å². The zero-order chi connectivity index (χ0) is 26.2. The van der Waals surface area contributed by atoms with Crippen molar-refractivity contribution in [2.24, 2.45) is 5.73 Å². The summed E-state index contributed by atoms with van der Waals surface area (Å²) in [5.41, 5.74) is 8.84. The maximum absolute atomic E-state index is 13.4. The van der Waals surface area contributed by atoms with Crippen molar-refractivity contribution in [2.75, 3.05) is 11.9 Å². The number of amides is 3. The number of nitrogens with zero attached hydrogens (tertiary/aromatic N) is 1. The standard InChI is InChI=1S/C29H32N4O4/c1-20(34)33-16-6-11-26(33)28(35)32-27(29(36)31-24-10-5-9-22(17-24)18-30)23-12-14-25(15-13-23)37-19-21-7-3-2-4-8-21/h2-5,7-10,12-15,17,26-27H,6,11,16,18-19,30H2,1H3,(H,31,36)(H,32,35)/t26-,27+/m0/s1. The van der Waals surface area contributed by atoms with E-state index in [4.69, 9.17) is 10.5 Å². The average Bonchev–Trinajstić information content (AvgIpc) is 3.42. The molecule has 2 atom stereocenters. The number of nitrogens with one attached hydrogen (secondary N) is 2. The van der Waals surface area contributed by atoms with Crippen molar-refractivity contribution in [1.82, 2.24) is 10.2 Å². The van der Waals surface area contributed by atoms with E-state index in [0.717, 1.165) is 17.5 Å². The van der Waals surface area contributed by atoms with Crippen LogP contribution in [0.1, 0.15) is 42.5 Å². The van der Waals surface area contributed by atoms with E-state index in [2.05, 4.69) is 10.6 Å². The van der Waals surface area contributed by atoms with Gasteiger partial charge in [-0.15, -0.1) is 0 Å². The Balaban J connectivity index is 1.52. The Morgan fingerprint density at radius 2 is 1.73 bits per heavy atom. The molecule has 0 radical (unpaired) electrons. The van der Waals surface area contributed by atoms with Gasteiger partial charge >= 0.3 is 0 Å². The van der Waals surface area contributed by atoms with Crippen LogP contribution >= 0.6 is 0 Å². The van der Waals surface area contributed by atoms with Crippen molar-refractivity contribution >= 4 is 23.4 Å². The van der Waals surface area contributed by atoms with Crippen LogP contribution in [0, 0.1) is 0 Å². The maximum atomic E-state index is 13.4. The monoisotopic (exact) mass is 500 g/mol. The number of anilines is 1. The molecule has 4 N–H and O–H groups in total. The molecular formula is C29H32N4O4. The summed E-state index contributed by atoms with van der Waals surface area (Å²) in [5, 5.41) is 5.76. The predicted octanol–water partition coefficient (Wildman–Crippen LogP) is 3.53. The first kappa shape index (κ1) is 25.9. The van der Waals surface area contributed by atoms with Gasteiger partial charge in [0.1, 0.15) is 24.4 Å². The summed E-state index contributed by atoms with van der Waals surface area (Å²) in [6.07, 6.45) is 1.30. The first-order valence-corrected chi connectivity index (χ1v) is 12.4. The average molecular weight is 501 g/mol. The maximum Gasteiger partial charge on any atom is 0.251 e. The van der Waals surface area contributed by atoms with Crippen LogP contribution in [-0.4, -0.2) is 35.2 Å². The Hall–Kier alpha value is -4.17. The van der Waals surface area contributed by atoms with Gasteiger partial charge in [0.05, 0.1) is 0 Å². The van der Waals surface area contributed by atoms with Gasteiger partial charge in [-0.2, -0.15) is 0 Å². The van der Waals surface area contributed by atoms with Gasteiger partial charge in [-0.05, 0) is 53.8 Å². The molecule has 3 aromatic rings. The van der Waals surface area contributed by atoms with Gasteiger partial charge in [0.15, 0.2) is 0 Å². The topological polar surface area (TPSA) is 114 Å². The van der Waals surface area contributed by atoms with E-state index in [1.165, 1.54) is 6.92 Å². The Morgan fingerprint density at radius 3 is 2.43 bits per heavy atom. The fraction of sp³-hybridized carbons (Fsp3) is 0.276. The molecule has 0 aliphatic carbocycles. The highest BCUT2D eigenvalue weighted by molar-refractivity contribution is 5.99. The minimum Gasteiger partial charge on any atom is -0.489 e. The van der Waals surface area contributed by atoms with Crippen LogP contribution in [0.25, 0.3) is 0 Å². The predicted molar refractivity (Wildman–Crippen MR) is 141 cm³/mol. The van der Waals surface area contributed by atoms with Crippen molar-refractivity contribution in [1.29, 1.82) is 0 Å². The molecule has 8 nitrogen and oxygen atoms in total. The number of ether oxygens (including phenoxy) is 1. The molecule has 4 rings (SSSR count). The number of hydrogen-bond acceptors (Lipinski definition) is 5. The number of nitrogens with two attached hydrogens (primary N) is 1. The van der Waals surface area contributed by atoms with Crippen LogP contribution in [0.3, 0.4) is 0 Å². The number of hydrogen-bond donors (Lipinski definition) is 3. The molecule has 0 saturated carbocycles. The van der Waals surface area contributed by atoms with Gasteiger partial charge in [0.25, 0.3) is 5.91 Å². The fourth-order valence-electron chi connectivity index (χ4n) is 4.44. The van der Waals surface area contributed by atoms with Crippen LogP contribution in [0.15, 0.2) is 78.9 Å². The quantitative estimate of drug-likeness (QED) is 0.416. The summed E-state index contributed by atoms with van der Waals surface area (Å²) in [5.74, 6) is -0.259. The number of carbonyl (C=O) groups excluding carboxylic acids is 3. The third kappa shape index (κ3) is 6.74. The molecule has 0 aromatic heterocycles. The highest BCUT2D eigenvalue weighted by atomic mass is 16.5. The summed E-state index contributed by atoms with van der Waals surface area (Å²) >= 11 is 0. The van der Waals surface area contributed by atoms with Gasteiger partial charge in [-0.1, -0.05) is 54.6 Å². The van der Waals surface area contributed by atoms with Gasteiger partial charge in [-0.25, -0.2) is 0 Å². The minimum absolute atomic E-state index is 0.155. The third-order valence-electron chi connectivity index (χ3n) is 6.40. The summed E-state index contributed by atoms with van der Waals surface area (Å²) in [7, 11) is 0. The van der Waals surface area contributed by atoms with E-state index in [0.29, 0.717) is 43.1 Å². The highest BCUT2D eigenvalue weighted by Gasteiger charge is 2.35. The van der Waals surface area contributed by atoms with Crippen molar-refractivity contribution in [3.05, 3.63) is 95.6 Å². The fourth-order valence-corrected chi connectivity index (χ4v) is 4.44.